The molecule has 0 bridgehead atoms. The van der Waals surface area contributed by atoms with Crippen molar-refractivity contribution in [3.63, 3.8) is 0 Å². The molecule has 1 aromatic heterocycles. The molecule has 5 nitrogen and oxygen atoms in total. The van der Waals surface area contributed by atoms with Gasteiger partial charge >= 0.3 is 8.80 Å². The van der Waals surface area contributed by atoms with Gasteiger partial charge < -0.3 is 13.3 Å². The molecule has 0 atom stereocenters. The summed E-state index contributed by atoms with van der Waals surface area (Å²) in [5.41, 5.74) is 2.41. The molecule has 24 heavy (non-hydrogen) atoms. The van der Waals surface area contributed by atoms with Gasteiger partial charge in [-0.2, -0.15) is 0 Å². The van der Waals surface area contributed by atoms with E-state index in [-0.39, 0.29) is 0 Å². The van der Waals surface area contributed by atoms with Gasteiger partial charge in [0, 0.05) is 27.4 Å². The van der Waals surface area contributed by atoms with Crippen molar-refractivity contribution in [1.82, 2.24) is 4.57 Å². The number of nitrogens with zero attached hydrogens (tertiary/aromatic N) is 2. The Bertz CT molecular complexity index is 628. The van der Waals surface area contributed by atoms with E-state index in [4.69, 9.17) is 13.3 Å². The third-order valence-corrected chi connectivity index (χ3v) is 6.99. The Balaban J connectivity index is 1.87. The minimum Gasteiger partial charge on any atom is -0.377 e. The fourth-order valence-electron chi connectivity index (χ4n) is 2.67. The standard InChI is InChI=1S/C18H27N2O3Si/c1-5-17-7-9-18(10-8-17)15-20-13-12-19(16-20)11-6-14-24(21-2,22-3)23-4/h5,7-10,12-13,16H,1,6,11,14-15H2,2-4H3/q+1. The lowest BCUT2D eigenvalue weighted by Crippen LogP contribution is -2.42. The molecule has 130 valence electrons. The van der Waals surface area contributed by atoms with Crippen molar-refractivity contribution in [2.45, 2.75) is 25.6 Å². The van der Waals surface area contributed by atoms with E-state index in [0.29, 0.717) is 0 Å². The van der Waals surface area contributed by atoms with Crippen LogP contribution in [-0.4, -0.2) is 34.7 Å². The number of imidazole rings is 1. The third kappa shape index (κ3) is 4.88. The van der Waals surface area contributed by atoms with Crippen LogP contribution in [0.5, 0.6) is 0 Å². The fraction of sp³-hybridized carbons (Fsp3) is 0.389. The van der Waals surface area contributed by atoms with Gasteiger partial charge in [-0.3, -0.25) is 0 Å². The van der Waals surface area contributed by atoms with Crippen molar-refractivity contribution in [2.24, 2.45) is 0 Å². The molecule has 0 fully saturated rings. The molecule has 0 saturated carbocycles. The minimum absolute atomic E-state index is 0.803. The van der Waals surface area contributed by atoms with E-state index < -0.39 is 8.80 Å². The molecule has 0 unspecified atom stereocenters. The average Bonchev–Trinajstić information content (AvgIpc) is 3.07. The summed E-state index contributed by atoms with van der Waals surface area (Å²) in [6, 6.07) is 9.25. The molecule has 0 aliphatic rings. The van der Waals surface area contributed by atoms with Crippen LogP contribution in [0.25, 0.3) is 6.08 Å². The van der Waals surface area contributed by atoms with Crippen LogP contribution in [0.15, 0.2) is 49.6 Å². The van der Waals surface area contributed by atoms with Gasteiger partial charge in [0.15, 0.2) is 0 Å². The highest BCUT2D eigenvalue weighted by Crippen LogP contribution is 2.15. The van der Waals surface area contributed by atoms with E-state index in [1.165, 1.54) is 5.56 Å². The van der Waals surface area contributed by atoms with E-state index in [1.807, 2.05) is 6.08 Å². The smallest absolute Gasteiger partial charge is 0.377 e. The maximum absolute atomic E-state index is 5.45. The van der Waals surface area contributed by atoms with E-state index in [9.17, 15) is 0 Å². The fourth-order valence-corrected chi connectivity index (χ4v) is 4.37. The maximum Gasteiger partial charge on any atom is 0.500 e. The highest BCUT2D eigenvalue weighted by atomic mass is 28.4. The lowest BCUT2D eigenvalue weighted by atomic mass is 10.1. The maximum atomic E-state index is 5.45. The summed E-state index contributed by atoms with van der Waals surface area (Å²) < 4.78 is 20.7. The molecule has 6 heteroatoms. The van der Waals surface area contributed by atoms with Crippen molar-refractivity contribution in [3.05, 3.63) is 60.7 Å². The van der Waals surface area contributed by atoms with Crippen LogP contribution >= 0.6 is 0 Å². The zero-order valence-electron chi connectivity index (χ0n) is 14.8. The molecule has 1 aromatic carbocycles. The van der Waals surface area contributed by atoms with Crippen molar-refractivity contribution in [1.29, 1.82) is 0 Å². The first-order valence-electron chi connectivity index (χ1n) is 8.06. The predicted octanol–water partition coefficient (Wildman–Crippen LogP) is 2.74. The Kier molecular flexibility index (Phi) is 6.93. The zero-order valence-corrected chi connectivity index (χ0v) is 15.8. The Morgan fingerprint density at radius 2 is 1.79 bits per heavy atom. The van der Waals surface area contributed by atoms with Crippen LogP contribution in [0.4, 0.5) is 0 Å². The average molecular weight is 348 g/mol. The van der Waals surface area contributed by atoms with Gasteiger partial charge in [0.2, 0.25) is 6.33 Å². The molecular weight excluding hydrogens is 320 g/mol. The summed E-state index contributed by atoms with van der Waals surface area (Å²) in [7, 11) is 2.50. The van der Waals surface area contributed by atoms with E-state index >= 15 is 0 Å². The third-order valence-electron chi connectivity index (χ3n) is 4.16. The van der Waals surface area contributed by atoms with Crippen LogP contribution in [0.1, 0.15) is 17.5 Å². The van der Waals surface area contributed by atoms with Gasteiger partial charge in [-0.05, 0) is 17.5 Å². The Morgan fingerprint density at radius 3 is 2.38 bits per heavy atom. The Labute approximate surface area is 145 Å². The van der Waals surface area contributed by atoms with Crippen LogP contribution in [0.2, 0.25) is 6.04 Å². The lowest BCUT2D eigenvalue weighted by Gasteiger charge is -2.23. The van der Waals surface area contributed by atoms with Crippen LogP contribution in [0, 0.1) is 0 Å². The monoisotopic (exact) mass is 347 g/mol. The highest BCUT2D eigenvalue weighted by molar-refractivity contribution is 6.60. The molecular formula is C18H27N2O3Si+. The molecule has 0 aliphatic heterocycles. The second-order valence-electron chi connectivity index (χ2n) is 5.67. The summed E-state index contributed by atoms with van der Waals surface area (Å²) in [5, 5.41) is 0. The molecule has 0 saturated heterocycles. The van der Waals surface area contributed by atoms with Gasteiger partial charge in [-0.15, -0.1) is 0 Å². The van der Waals surface area contributed by atoms with Crippen molar-refractivity contribution >= 4 is 14.9 Å². The first-order chi connectivity index (χ1) is 11.6. The van der Waals surface area contributed by atoms with Crippen molar-refractivity contribution < 1.29 is 17.8 Å². The first kappa shape index (κ1) is 18.6. The molecule has 0 aliphatic carbocycles. The lowest BCUT2D eigenvalue weighted by molar-refractivity contribution is -0.687. The Hall–Kier alpha value is -1.73. The van der Waals surface area contributed by atoms with Crippen LogP contribution < -0.4 is 4.57 Å². The molecule has 0 amide bonds. The number of aryl methyl sites for hydroxylation is 1. The van der Waals surface area contributed by atoms with Crippen LogP contribution in [-0.2, 0) is 26.4 Å². The van der Waals surface area contributed by atoms with Gasteiger partial charge in [0.1, 0.15) is 18.9 Å². The predicted molar refractivity (Wildman–Crippen MR) is 96.5 cm³/mol. The summed E-state index contributed by atoms with van der Waals surface area (Å²) in [5.74, 6) is 0. The molecule has 2 rings (SSSR count). The quantitative estimate of drug-likeness (QED) is 0.490. The number of hydrogen-bond acceptors (Lipinski definition) is 3. The summed E-state index contributed by atoms with van der Waals surface area (Å²) in [6.07, 6.45) is 9.11. The summed E-state index contributed by atoms with van der Waals surface area (Å²) in [4.78, 5) is 0. The van der Waals surface area contributed by atoms with Gasteiger partial charge in [0.25, 0.3) is 0 Å². The van der Waals surface area contributed by atoms with E-state index in [2.05, 4.69) is 58.7 Å². The largest absolute Gasteiger partial charge is 0.500 e. The summed E-state index contributed by atoms with van der Waals surface area (Å²) in [6.45, 7) is 5.55. The van der Waals surface area contributed by atoms with Crippen molar-refractivity contribution in [3.8, 4) is 0 Å². The Morgan fingerprint density at radius 1 is 1.12 bits per heavy atom. The number of benzene rings is 1. The number of aromatic nitrogens is 2. The SMILES string of the molecule is C=Cc1ccc(C[n+]2ccn(CCC[Si](OC)(OC)OC)c2)cc1. The highest BCUT2D eigenvalue weighted by Gasteiger charge is 2.37. The molecule has 2 aromatic rings. The van der Waals surface area contributed by atoms with E-state index in [0.717, 1.165) is 31.1 Å². The topological polar surface area (TPSA) is 36.5 Å². The molecule has 1 heterocycles. The minimum atomic E-state index is -2.46. The zero-order chi connectivity index (χ0) is 17.4. The molecule has 0 N–H and O–H groups in total. The van der Waals surface area contributed by atoms with Crippen LogP contribution in [0.3, 0.4) is 0 Å². The van der Waals surface area contributed by atoms with Gasteiger partial charge in [-0.1, -0.05) is 36.9 Å². The number of hydrogen-bond donors (Lipinski definition) is 0. The molecule has 0 spiro atoms. The second kappa shape index (κ2) is 8.94. The molecule has 0 radical (unpaired) electrons. The van der Waals surface area contributed by atoms with Gasteiger partial charge in [-0.25, -0.2) is 9.13 Å². The summed E-state index contributed by atoms with van der Waals surface area (Å²) >= 11 is 0. The van der Waals surface area contributed by atoms with Crippen molar-refractivity contribution in [2.75, 3.05) is 21.3 Å². The normalized spacial score (nSPS) is 11.6. The number of rotatable bonds is 10. The van der Waals surface area contributed by atoms with Gasteiger partial charge in [0.05, 0.1) is 6.54 Å². The van der Waals surface area contributed by atoms with E-state index in [1.54, 1.807) is 21.3 Å². The first-order valence-corrected chi connectivity index (χ1v) is 9.99. The second-order valence-corrected chi connectivity index (χ2v) is 8.76.